The standard InChI is InChI=1S/C17H20N2O/c1-18-11-15-8-9-19-12-17(15)20-16-7-6-13-4-2-3-5-14(13)10-16/h6-10,12,18H,2-5,11H2,1H3. The zero-order valence-corrected chi connectivity index (χ0v) is 11.9. The fraction of sp³-hybridized carbons (Fsp3) is 0.353. The molecule has 0 saturated heterocycles. The summed E-state index contributed by atoms with van der Waals surface area (Å²) in [6, 6.07) is 8.45. The molecule has 2 aromatic rings. The maximum atomic E-state index is 6.03. The van der Waals surface area contributed by atoms with E-state index < -0.39 is 0 Å². The van der Waals surface area contributed by atoms with Gasteiger partial charge in [-0.2, -0.15) is 0 Å². The molecule has 1 aliphatic rings. The van der Waals surface area contributed by atoms with E-state index in [0.29, 0.717) is 0 Å². The third-order valence-electron chi connectivity index (χ3n) is 3.79. The predicted molar refractivity (Wildman–Crippen MR) is 80.2 cm³/mol. The van der Waals surface area contributed by atoms with Crippen molar-refractivity contribution in [2.45, 2.75) is 32.2 Å². The monoisotopic (exact) mass is 268 g/mol. The van der Waals surface area contributed by atoms with Gasteiger partial charge in [0.1, 0.15) is 11.5 Å². The molecule has 3 nitrogen and oxygen atoms in total. The van der Waals surface area contributed by atoms with Crippen molar-refractivity contribution in [2.75, 3.05) is 7.05 Å². The number of fused-ring (bicyclic) bond motifs is 1. The Bertz CT molecular complexity index is 595. The van der Waals surface area contributed by atoms with Crippen molar-refractivity contribution in [3.63, 3.8) is 0 Å². The molecule has 0 amide bonds. The molecule has 0 aliphatic heterocycles. The van der Waals surface area contributed by atoms with Gasteiger partial charge in [-0.25, -0.2) is 0 Å². The first-order valence-electron chi connectivity index (χ1n) is 7.24. The van der Waals surface area contributed by atoms with Gasteiger partial charge in [0.25, 0.3) is 0 Å². The minimum Gasteiger partial charge on any atom is -0.455 e. The lowest BCUT2D eigenvalue weighted by molar-refractivity contribution is 0.470. The number of aromatic nitrogens is 1. The summed E-state index contributed by atoms with van der Waals surface area (Å²) < 4.78 is 6.03. The predicted octanol–water partition coefficient (Wildman–Crippen LogP) is 3.47. The molecule has 0 fully saturated rings. The summed E-state index contributed by atoms with van der Waals surface area (Å²) in [5, 5.41) is 3.15. The summed E-state index contributed by atoms with van der Waals surface area (Å²) in [4.78, 5) is 4.16. The first kappa shape index (κ1) is 13.1. The van der Waals surface area contributed by atoms with E-state index in [9.17, 15) is 0 Å². The van der Waals surface area contributed by atoms with E-state index in [1.54, 1.807) is 12.4 Å². The Labute approximate surface area is 120 Å². The second-order valence-corrected chi connectivity index (χ2v) is 5.25. The normalized spacial score (nSPS) is 13.8. The van der Waals surface area contributed by atoms with Crippen LogP contribution in [0.15, 0.2) is 36.7 Å². The number of aryl methyl sites for hydroxylation is 2. The molecule has 0 bridgehead atoms. The minimum atomic E-state index is 0.781. The van der Waals surface area contributed by atoms with Crippen molar-refractivity contribution < 1.29 is 4.74 Å². The van der Waals surface area contributed by atoms with Crippen molar-refractivity contribution in [3.05, 3.63) is 53.3 Å². The molecule has 3 heteroatoms. The molecule has 0 saturated carbocycles. The number of pyridine rings is 1. The Morgan fingerprint density at radius 2 is 2.00 bits per heavy atom. The Morgan fingerprint density at radius 3 is 2.85 bits per heavy atom. The maximum Gasteiger partial charge on any atom is 0.150 e. The van der Waals surface area contributed by atoms with Crippen LogP contribution in [-0.4, -0.2) is 12.0 Å². The summed E-state index contributed by atoms with van der Waals surface area (Å²) >= 11 is 0. The summed E-state index contributed by atoms with van der Waals surface area (Å²) in [6.07, 6.45) is 8.55. The number of rotatable bonds is 4. The van der Waals surface area contributed by atoms with Crippen LogP contribution in [0.1, 0.15) is 29.5 Å². The van der Waals surface area contributed by atoms with Crippen molar-refractivity contribution >= 4 is 0 Å². The smallest absolute Gasteiger partial charge is 0.150 e. The van der Waals surface area contributed by atoms with Crippen LogP contribution < -0.4 is 10.1 Å². The van der Waals surface area contributed by atoms with Gasteiger partial charge < -0.3 is 10.1 Å². The molecule has 1 aliphatic carbocycles. The summed E-state index contributed by atoms with van der Waals surface area (Å²) in [6.45, 7) is 0.781. The average Bonchev–Trinajstić information content (AvgIpc) is 2.49. The van der Waals surface area contributed by atoms with Gasteiger partial charge >= 0.3 is 0 Å². The highest BCUT2D eigenvalue weighted by Crippen LogP contribution is 2.29. The van der Waals surface area contributed by atoms with E-state index in [-0.39, 0.29) is 0 Å². The Balaban J connectivity index is 1.84. The second kappa shape index (κ2) is 6.06. The molecule has 1 heterocycles. The SMILES string of the molecule is CNCc1ccncc1Oc1ccc2c(c1)CCCC2. The number of ether oxygens (including phenoxy) is 1. The van der Waals surface area contributed by atoms with Crippen molar-refractivity contribution in [2.24, 2.45) is 0 Å². The lowest BCUT2D eigenvalue weighted by atomic mass is 9.92. The summed E-state index contributed by atoms with van der Waals surface area (Å²) in [5.41, 5.74) is 4.04. The minimum absolute atomic E-state index is 0.781. The first-order chi connectivity index (χ1) is 9.86. The lowest BCUT2D eigenvalue weighted by Gasteiger charge is -2.17. The first-order valence-corrected chi connectivity index (χ1v) is 7.24. The van der Waals surface area contributed by atoms with Crippen molar-refractivity contribution in [3.8, 4) is 11.5 Å². The molecule has 0 radical (unpaired) electrons. The summed E-state index contributed by atoms with van der Waals surface area (Å²) in [5.74, 6) is 1.74. The molecular formula is C17H20N2O. The van der Waals surface area contributed by atoms with Gasteiger partial charge in [-0.15, -0.1) is 0 Å². The van der Waals surface area contributed by atoms with Crippen LogP contribution in [0, 0.1) is 0 Å². The number of nitrogens with zero attached hydrogens (tertiary/aromatic N) is 1. The average molecular weight is 268 g/mol. The second-order valence-electron chi connectivity index (χ2n) is 5.25. The highest BCUT2D eigenvalue weighted by molar-refractivity contribution is 5.41. The third-order valence-corrected chi connectivity index (χ3v) is 3.79. The van der Waals surface area contributed by atoms with Gasteiger partial charge in [0.05, 0.1) is 6.20 Å². The highest BCUT2D eigenvalue weighted by Gasteiger charge is 2.11. The Kier molecular flexibility index (Phi) is 3.97. The van der Waals surface area contributed by atoms with Crippen LogP contribution in [0.4, 0.5) is 0 Å². The molecule has 20 heavy (non-hydrogen) atoms. The molecule has 1 aromatic heterocycles. The van der Waals surface area contributed by atoms with E-state index >= 15 is 0 Å². The third kappa shape index (κ3) is 2.83. The van der Waals surface area contributed by atoms with Crippen LogP contribution in [0.3, 0.4) is 0 Å². The Hall–Kier alpha value is -1.87. The number of benzene rings is 1. The van der Waals surface area contributed by atoms with E-state index in [1.165, 1.54) is 36.8 Å². The fourth-order valence-electron chi connectivity index (χ4n) is 2.74. The highest BCUT2D eigenvalue weighted by atomic mass is 16.5. The summed E-state index contributed by atoms with van der Waals surface area (Å²) in [7, 11) is 1.93. The van der Waals surface area contributed by atoms with Crippen LogP contribution in [0.25, 0.3) is 0 Å². The topological polar surface area (TPSA) is 34.2 Å². The van der Waals surface area contributed by atoms with Gasteiger partial charge in [0.2, 0.25) is 0 Å². The van der Waals surface area contributed by atoms with E-state index in [4.69, 9.17) is 4.74 Å². The fourth-order valence-corrected chi connectivity index (χ4v) is 2.74. The van der Waals surface area contributed by atoms with Gasteiger partial charge in [0.15, 0.2) is 0 Å². The van der Waals surface area contributed by atoms with Gasteiger partial charge in [-0.1, -0.05) is 6.07 Å². The maximum absolute atomic E-state index is 6.03. The zero-order chi connectivity index (χ0) is 13.8. The molecule has 0 spiro atoms. The van der Waals surface area contributed by atoms with E-state index in [2.05, 4.69) is 28.5 Å². The number of hydrogen-bond acceptors (Lipinski definition) is 3. The lowest BCUT2D eigenvalue weighted by Crippen LogP contribution is -2.07. The van der Waals surface area contributed by atoms with Crippen LogP contribution in [-0.2, 0) is 19.4 Å². The molecule has 0 atom stereocenters. The zero-order valence-electron chi connectivity index (χ0n) is 11.9. The van der Waals surface area contributed by atoms with E-state index in [0.717, 1.165) is 23.6 Å². The van der Waals surface area contributed by atoms with Crippen LogP contribution in [0.5, 0.6) is 11.5 Å². The molecular weight excluding hydrogens is 248 g/mol. The van der Waals surface area contributed by atoms with Gasteiger partial charge in [-0.3, -0.25) is 4.98 Å². The van der Waals surface area contributed by atoms with Gasteiger partial charge in [-0.05, 0) is 62.1 Å². The molecule has 104 valence electrons. The molecule has 1 aromatic carbocycles. The Morgan fingerprint density at radius 1 is 1.15 bits per heavy atom. The quantitative estimate of drug-likeness (QED) is 0.922. The number of hydrogen-bond donors (Lipinski definition) is 1. The largest absolute Gasteiger partial charge is 0.455 e. The molecule has 3 rings (SSSR count). The number of nitrogens with one attached hydrogen (secondary N) is 1. The van der Waals surface area contributed by atoms with Crippen LogP contribution in [0.2, 0.25) is 0 Å². The van der Waals surface area contributed by atoms with Crippen molar-refractivity contribution in [1.82, 2.24) is 10.3 Å². The van der Waals surface area contributed by atoms with Crippen molar-refractivity contribution in [1.29, 1.82) is 0 Å². The van der Waals surface area contributed by atoms with Gasteiger partial charge in [0, 0.05) is 18.3 Å². The van der Waals surface area contributed by atoms with Crippen LogP contribution >= 0.6 is 0 Å². The molecule has 1 N–H and O–H groups in total. The molecule has 0 unspecified atom stereocenters. The van der Waals surface area contributed by atoms with E-state index in [1.807, 2.05) is 13.1 Å².